The second-order valence-corrected chi connectivity index (χ2v) is 8.98. The van der Waals surface area contributed by atoms with Crippen LogP contribution in [0.3, 0.4) is 0 Å². The fraction of sp³-hybridized carbons (Fsp3) is 0.542. The van der Waals surface area contributed by atoms with Gasteiger partial charge in [0.25, 0.3) is 0 Å². The number of carbonyl (C=O) groups excluding carboxylic acids is 2. The number of benzene rings is 1. The number of aryl methyl sites for hydroxylation is 2. The molecule has 0 radical (unpaired) electrons. The van der Waals surface area contributed by atoms with Crippen LogP contribution in [-0.2, 0) is 27.5 Å². The number of aromatic nitrogens is 1. The Bertz CT molecular complexity index is 903. The third-order valence-electron chi connectivity index (χ3n) is 5.51. The molecular formula is C24H34N4O4. The lowest BCUT2D eigenvalue weighted by atomic mass is 10.2. The van der Waals surface area contributed by atoms with Crippen molar-refractivity contribution in [2.45, 2.75) is 53.9 Å². The van der Waals surface area contributed by atoms with Gasteiger partial charge in [-0.1, -0.05) is 31.1 Å². The van der Waals surface area contributed by atoms with Crippen molar-refractivity contribution < 1.29 is 18.8 Å². The smallest absolute Gasteiger partial charge is 0.236 e. The zero-order valence-electron chi connectivity index (χ0n) is 19.7. The summed E-state index contributed by atoms with van der Waals surface area (Å²) in [6.07, 6.45) is -0.118. The fourth-order valence-electron chi connectivity index (χ4n) is 3.96. The Morgan fingerprint density at radius 2 is 1.97 bits per heavy atom. The second kappa shape index (κ2) is 10.7. The number of nitrogens with one attached hydrogen (secondary N) is 1. The number of anilines is 1. The van der Waals surface area contributed by atoms with E-state index in [1.54, 1.807) is 0 Å². The van der Waals surface area contributed by atoms with Gasteiger partial charge < -0.3 is 19.5 Å². The number of hydrogen-bond donors (Lipinski definition) is 1. The van der Waals surface area contributed by atoms with Gasteiger partial charge in [0, 0.05) is 44.4 Å². The van der Waals surface area contributed by atoms with Crippen molar-refractivity contribution in [1.82, 2.24) is 15.0 Å². The van der Waals surface area contributed by atoms with Crippen LogP contribution in [0, 0.1) is 19.8 Å². The zero-order valence-corrected chi connectivity index (χ0v) is 19.7. The van der Waals surface area contributed by atoms with Gasteiger partial charge in [-0.05, 0) is 37.5 Å². The maximum Gasteiger partial charge on any atom is 0.236 e. The van der Waals surface area contributed by atoms with Gasteiger partial charge >= 0.3 is 0 Å². The predicted molar refractivity (Wildman–Crippen MR) is 122 cm³/mol. The Morgan fingerprint density at radius 1 is 1.25 bits per heavy atom. The summed E-state index contributed by atoms with van der Waals surface area (Å²) in [5.74, 6) is 1.17. The van der Waals surface area contributed by atoms with Crippen molar-refractivity contribution in [3.05, 3.63) is 46.8 Å². The lowest BCUT2D eigenvalue weighted by molar-refractivity contribution is -0.132. The van der Waals surface area contributed by atoms with Crippen molar-refractivity contribution in [3.8, 4) is 0 Å². The van der Waals surface area contributed by atoms with Crippen LogP contribution >= 0.6 is 0 Å². The van der Waals surface area contributed by atoms with Gasteiger partial charge in [0.05, 0.1) is 24.9 Å². The molecule has 174 valence electrons. The third-order valence-corrected chi connectivity index (χ3v) is 5.51. The molecule has 2 heterocycles. The van der Waals surface area contributed by atoms with E-state index < -0.39 is 0 Å². The molecule has 2 amide bonds. The molecular weight excluding hydrogens is 408 g/mol. The van der Waals surface area contributed by atoms with Crippen LogP contribution in [0.15, 0.2) is 28.8 Å². The molecule has 0 saturated carbocycles. The Hall–Kier alpha value is -2.71. The number of carbonyl (C=O) groups is 2. The van der Waals surface area contributed by atoms with Crippen LogP contribution in [-0.4, -0.2) is 59.1 Å². The SMILES string of the molecule is CC(=O)Nc1ccc(CN2CC(=O)N(CC(C)C)CC(OCc3c(C)noc3C)C2)cc1. The minimum Gasteiger partial charge on any atom is -0.370 e. The van der Waals surface area contributed by atoms with Crippen molar-refractivity contribution in [2.75, 3.05) is 31.5 Å². The molecule has 1 fully saturated rings. The summed E-state index contributed by atoms with van der Waals surface area (Å²) in [4.78, 5) is 28.3. The molecule has 0 aliphatic carbocycles. The summed E-state index contributed by atoms with van der Waals surface area (Å²) < 4.78 is 11.5. The first-order valence-corrected chi connectivity index (χ1v) is 11.1. The Labute approximate surface area is 189 Å². The molecule has 2 aromatic rings. The lowest BCUT2D eigenvalue weighted by Gasteiger charge is -2.26. The highest BCUT2D eigenvalue weighted by molar-refractivity contribution is 5.88. The van der Waals surface area contributed by atoms with Gasteiger partial charge in [0.15, 0.2) is 0 Å². The minimum absolute atomic E-state index is 0.0978. The minimum atomic E-state index is -0.118. The summed E-state index contributed by atoms with van der Waals surface area (Å²) in [5.41, 5.74) is 3.64. The largest absolute Gasteiger partial charge is 0.370 e. The number of ether oxygens (including phenoxy) is 1. The zero-order chi connectivity index (χ0) is 23.3. The van der Waals surface area contributed by atoms with E-state index in [9.17, 15) is 9.59 Å². The summed E-state index contributed by atoms with van der Waals surface area (Å²) in [7, 11) is 0. The van der Waals surface area contributed by atoms with Crippen LogP contribution in [0.5, 0.6) is 0 Å². The average Bonchev–Trinajstić information content (AvgIpc) is 2.95. The molecule has 8 heteroatoms. The van der Waals surface area contributed by atoms with E-state index in [2.05, 4.69) is 29.2 Å². The average molecular weight is 443 g/mol. The molecule has 1 atom stereocenters. The monoisotopic (exact) mass is 442 g/mol. The van der Waals surface area contributed by atoms with E-state index in [0.717, 1.165) is 28.3 Å². The van der Waals surface area contributed by atoms with Crippen LogP contribution in [0.4, 0.5) is 5.69 Å². The molecule has 1 saturated heterocycles. The molecule has 0 spiro atoms. The Kier molecular flexibility index (Phi) is 8.04. The van der Waals surface area contributed by atoms with Crippen LogP contribution in [0.1, 0.15) is 43.4 Å². The summed E-state index contributed by atoms with van der Waals surface area (Å²) in [6.45, 7) is 12.8. The van der Waals surface area contributed by atoms with Crippen molar-refractivity contribution in [2.24, 2.45) is 5.92 Å². The molecule has 1 aliphatic rings. The lowest BCUT2D eigenvalue weighted by Crippen LogP contribution is -2.40. The fourth-order valence-corrected chi connectivity index (χ4v) is 3.96. The molecule has 1 aromatic heterocycles. The molecule has 1 aromatic carbocycles. The number of rotatable bonds is 8. The highest BCUT2D eigenvalue weighted by Gasteiger charge is 2.29. The standard InChI is InChI=1S/C24H34N4O4/c1-16(2)10-28-13-22(31-15-23-17(3)26-32-18(23)4)12-27(14-24(28)30)11-20-6-8-21(9-7-20)25-19(5)29/h6-9,16,22H,10-15H2,1-5H3,(H,25,29). The van der Waals surface area contributed by atoms with Gasteiger partial charge in [-0.25, -0.2) is 0 Å². The van der Waals surface area contributed by atoms with E-state index >= 15 is 0 Å². The van der Waals surface area contributed by atoms with Crippen LogP contribution in [0.25, 0.3) is 0 Å². The maximum absolute atomic E-state index is 13.0. The molecule has 8 nitrogen and oxygen atoms in total. The highest BCUT2D eigenvalue weighted by atomic mass is 16.5. The van der Waals surface area contributed by atoms with Crippen molar-refractivity contribution in [3.63, 3.8) is 0 Å². The van der Waals surface area contributed by atoms with Crippen molar-refractivity contribution >= 4 is 17.5 Å². The molecule has 0 bridgehead atoms. The Morgan fingerprint density at radius 3 is 2.56 bits per heavy atom. The number of nitrogens with zero attached hydrogens (tertiary/aromatic N) is 3. The van der Waals surface area contributed by atoms with Crippen LogP contribution < -0.4 is 5.32 Å². The first-order valence-electron chi connectivity index (χ1n) is 11.1. The molecule has 1 N–H and O–H groups in total. The van der Waals surface area contributed by atoms with Gasteiger partial charge in [-0.3, -0.25) is 14.5 Å². The predicted octanol–water partition coefficient (Wildman–Crippen LogP) is 3.14. The quantitative estimate of drug-likeness (QED) is 0.676. The van der Waals surface area contributed by atoms with Gasteiger partial charge in [0.2, 0.25) is 11.8 Å². The summed E-state index contributed by atoms with van der Waals surface area (Å²) in [5, 5.41) is 6.78. The van der Waals surface area contributed by atoms with Crippen LogP contribution in [0.2, 0.25) is 0 Å². The van der Waals surface area contributed by atoms with E-state index in [0.29, 0.717) is 45.2 Å². The highest BCUT2D eigenvalue weighted by Crippen LogP contribution is 2.19. The van der Waals surface area contributed by atoms with Gasteiger partial charge in [-0.15, -0.1) is 0 Å². The normalized spacial score (nSPS) is 17.6. The molecule has 3 rings (SSSR count). The van der Waals surface area contributed by atoms with Gasteiger partial charge in [-0.2, -0.15) is 0 Å². The molecule has 1 unspecified atom stereocenters. The molecule has 32 heavy (non-hydrogen) atoms. The number of hydrogen-bond acceptors (Lipinski definition) is 6. The van der Waals surface area contributed by atoms with E-state index in [1.165, 1.54) is 6.92 Å². The molecule has 1 aliphatic heterocycles. The van der Waals surface area contributed by atoms with E-state index in [-0.39, 0.29) is 17.9 Å². The van der Waals surface area contributed by atoms with Crippen molar-refractivity contribution in [1.29, 1.82) is 0 Å². The van der Waals surface area contributed by atoms with E-state index in [4.69, 9.17) is 9.26 Å². The van der Waals surface area contributed by atoms with Gasteiger partial charge in [0.1, 0.15) is 5.76 Å². The Balaban J connectivity index is 1.71. The third kappa shape index (κ3) is 6.64. The summed E-state index contributed by atoms with van der Waals surface area (Å²) >= 11 is 0. The summed E-state index contributed by atoms with van der Waals surface area (Å²) in [6, 6.07) is 7.72. The van der Waals surface area contributed by atoms with E-state index in [1.807, 2.05) is 43.0 Å². The first kappa shape index (κ1) is 23.9. The first-order chi connectivity index (χ1) is 15.2. The second-order valence-electron chi connectivity index (χ2n) is 8.98. The topological polar surface area (TPSA) is 87.9 Å². The maximum atomic E-state index is 13.0. The number of amides is 2.